The van der Waals surface area contributed by atoms with E-state index in [1.807, 2.05) is 13.8 Å². The molecule has 2 amide bonds. The number of carbonyl (C=O) groups is 2. The highest BCUT2D eigenvalue weighted by Gasteiger charge is 2.24. The number of nitrogens with zero attached hydrogens (tertiary/aromatic N) is 3. The maximum absolute atomic E-state index is 12.1. The first-order valence-electron chi connectivity index (χ1n) is 9.04. The lowest BCUT2D eigenvalue weighted by Crippen LogP contribution is -2.33. The van der Waals surface area contributed by atoms with Gasteiger partial charge in [0.1, 0.15) is 0 Å². The van der Waals surface area contributed by atoms with Gasteiger partial charge in [-0.3, -0.25) is 14.9 Å². The van der Waals surface area contributed by atoms with Crippen molar-refractivity contribution in [1.29, 1.82) is 0 Å². The molecular weight excluding hydrogens is 330 g/mol. The van der Waals surface area contributed by atoms with Crippen LogP contribution in [0.4, 0.5) is 5.95 Å². The van der Waals surface area contributed by atoms with Crippen LogP contribution < -0.4 is 5.32 Å². The van der Waals surface area contributed by atoms with E-state index in [1.165, 1.54) is 13.3 Å². The van der Waals surface area contributed by atoms with Crippen molar-refractivity contribution in [3.63, 3.8) is 0 Å². The van der Waals surface area contributed by atoms with Crippen molar-refractivity contribution in [3.8, 4) is 11.4 Å². The van der Waals surface area contributed by atoms with Crippen LogP contribution in [-0.2, 0) is 11.2 Å². The molecule has 0 unspecified atom stereocenters. The Morgan fingerprint density at radius 2 is 2.00 bits per heavy atom. The van der Waals surface area contributed by atoms with Gasteiger partial charge in [0.15, 0.2) is 0 Å². The minimum absolute atomic E-state index is 0.00916. The Hall–Kier alpha value is -2.70. The second kappa shape index (κ2) is 10.3. The molecule has 3 rings (SSSR count). The van der Waals surface area contributed by atoms with Crippen molar-refractivity contribution in [1.82, 2.24) is 19.9 Å². The number of amides is 2. The molecule has 0 saturated heterocycles. The second-order valence-electron chi connectivity index (χ2n) is 5.71. The predicted octanol–water partition coefficient (Wildman–Crippen LogP) is 3.50. The van der Waals surface area contributed by atoms with Gasteiger partial charge in [-0.1, -0.05) is 34.1 Å². The molecule has 2 aromatic rings. The SMILES string of the molecule is CC.CC(=O)Nc1nccc(-c2cc3c([nH]2)CCN(C)C3=O)n1.CCC. The molecule has 26 heavy (non-hydrogen) atoms. The predicted molar refractivity (Wildman–Crippen MR) is 104 cm³/mol. The zero-order valence-electron chi connectivity index (χ0n) is 16.5. The summed E-state index contributed by atoms with van der Waals surface area (Å²) in [6, 6.07) is 3.53. The van der Waals surface area contributed by atoms with E-state index in [4.69, 9.17) is 0 Å². The van der Waals surface area contributed by atoms with Crippen LogP contribution in [0.2, 0.25) is 0 Å². The zero-order valence-corrected chi connectivity index (χ0v) is 16.5. The molecule has 2 aromatic heterocycles. The molecule has 0 aliphatic carbocycles. The Morgan fingerprint density at radius 3 is 2.62 bits per heavy atom. The van der Waals surface area contributed by atoms with Gasteiger partial charge >= 0.3 is 0 Å². The highest BCUT2D eigenvalue weighted by molar-refractivity contribution is 5.97. The molecule has 0 fully saturated rings. The van der Waals surface area contributed by atoms with Gasteiger partial charge in [0.2, 0.25) is 11.9 Å². The Labute approximate surface area is 155 Å². The Balaban J connectivity index is 0.000000615. The molecule has 142 valence electrons. The number of aromatic amines is 1. The molecule has 0 bridgehead atoms. The third-order valence-corrected chi connectivity index (χ3v) is 3.39. The summed E-state index contributed by atoms with van der Waals surface area (Å²) in [4.78, 5) is 36.3. The summed E-state index contributed by atoms with van der Waals surface area (Å²) >= 11 is 0. The Morgan fingerprint density at radius 1 is 1.35 bits per heavy atom. The van der Waals surface area contributed by atoms with Crippen LogP contribution >= 0.6 is 0 Å². The third-order valence-electron chi connectivity index (χ3n) is 3.39. The Bertz CT molecular complexity index is 739. The number of carbonyl (C=O) groups excluding carboxylic acids is 2. The molecule has 0 radical (unpaired) electrons. The minimum atomic E-state index is -0.227. The average Bonchev–Trinajstić information content (AvgIpc) is 3.06. The lowest BCUT2D eigenvalue weighted by molar-refractivity contribution is -0.114. The minimum Gasteiger partial charge on any atom is -0.356 e. The van der Waals surface area contributed by atoms with E-state index >= 15 is 0 Å². The van der Waals surface area contributed by atoms with E-state index in [2.05, 4.69) is 34.1 Å². The number of anilines is 1. The van der Waals surface area contributed by atoms with Crippen molar-refractivity contribution in [2.75, 3.05) is 18.9 Å². The second-order valence-corrected chi connectivity index (χ2v) is 5.71. The Kier molecular flexibility index (Phi) is 8.48. The summed E-state index contributed by atoms with van der Waals surface area (Å²) in [5.41, 5.74) is 2.99. The van der Waals surface area contributed by atoms with Crippen LogP contribution in [0.15, 0.2) is 18.3 Å². The van der Waals surface area contributed by atoms with Gasteiger partial charge in [-0.2, -0.15) is 0 Å². The topological polar surface area (TPSA) is 91.0 Å². The number of nitrogens with one attached hydrogen (secondary N) is 2. The van der Waals surface area contributed by atoms with Crippen LogP contribution in [0.25, 0.3) is 11.4 Å². The molecule has 0 saturated carbocycles. The number of aromatic nitrogens is 3. The van der Waals surface area contributed by atoms with Crippen molar-refractivity contribution >= 4 is 17.8 Å². The van der Waals surface area contributed by atoms with Crippen molar-refractivity contribution in [2.45, 2.75) is 47.5 Å². The smallest absolute Gasteiger partial charge is 0.255 e. The van der Waals surface area contributed by atoms with Crippen LogP contribution in [-0.4, -0.2) is 45.3 Å². The molecule has 7 heteroatoms. The fraction of sp³-hybridized carbons (Fsp3) is 0.474. The average molecular weight is 359 g/mol. The summed E-state index contributed by atoms with van der Waals surface area (Å²) in [5, 5.41) is 2.54. The number of hydrogen-bond acceptors (Lipinski definition) is 4. The molecule has 3 heterocycles. The van der Waals surface area contributed by atoms with Crippen molar-refractivity contribution in [2.24, 2.45) is 0 Å². The van der Waals surface area contributed by atoms with Crippen LogP contribution in [0.1, 0.15) is 57.1 Å². The van der Waals surface area contributed by atoms with Crippen LogP contribution in [0.5, 0.6) is 0 Å². The summed E-state index contributed by atoms with van der Waals surface area (Å²) < 4.78 is 0. The number of fused-ring (bicyclic) bond motifs is 1. The van der Waals surface area contributed by atoms with Crippen LogP contribution in [0.3, 0.4) is 0 Å². The van der Waals surface area contributed by atoms with E-state index in [1.54, 1.807) is 30.3 Å². The molecule has 1 aliphatic rings. The van der Waals surface area contributed by atoms with Gasteiger partial charge in [-0.05, 0) is 12.1 Å². The largest absolute Gasteiger partial charge is 0.356 e. The van der Waals surface area contributed by atoms with E-state index in [-0.39, 0.29) is 17.8 Å². The van der Waals surface area contributed by atoms with E-state index in [0.717, 1.165) is 17.8 Å². The van der Waals surface area contributed by atoms with E-state index in [0.29, 0.717) is 17.8 Å². The third kappa shape index (κ3) is 5.40. The first-order chi connectivity index (χ1) is 12.5. The highest BCUT2D eigenvalue weighted by atomic mass is 16.2. The molecule has 2 N–H and O–H groups in total. The standard InChI is InChI=1S/C14H15N5O2.C3H8.C2H6/c1-8(20)16-14-15-5-3-11(18-14)12-7-9-10(17-12)4-6-19(2)13(9)21;1-3-2;1-2/h3,5,7,17H,4,6H2,1-2H3,(H,15,16,18,20);3H2,1-2H3;1-2H3. The molecule has 0 atom stereocenters. The number of rotatable bonds is 2. The molecule has 0 spiro atoms. The normalized spacial score (nSPS) is 12.2. The fourth-order valence-electron chi connectivity index (χ4n) is 2.34. The van der Waals surface area contributed by atoms with Gasteiger partial charge in [-0.15, -0.1) is 0 Å². The summed E-state index contributed by atoms with van der Waals surface area (Å²) in [5.74, 6) is 0.0284. The maximum atomic E-state index is 12.1. The number of likely N-dealkylation sites (N-methyl/N-ethyl adjacent to an activating group) is 1. The quantitative estimate of drug-likeness (QED) is 0.858. The van der Waals surface area contributed by atoms with Gasteiger partial charge in [0.25, 0.3) is 5.91 Å². The molecule has 7 nitrogen and oxygen atoms in total. The van der Waals surface area contributed by atoms with Gasteiger partial charge in [-0.25, -0.2) is 9.97 Å². The lowest BCUT2D eigenvalue weighted by Gasteiger charge is -2.21. The summed E-state index contributed by atoms with van der Waals surface area (Å²) in [6.45, 7) is 10.4. The zero-order chi connectivity index (χ0) is 19.7. The lowest BCUT2D eigenvalue weighted by atomic mass is 10.1. The number of hydrogen-bond donors (Lipinski definition) is 2. The van der Waals surface area contributed by atoms with Gasteiger partial charge < -0.3 is 9.88 Å². The number of H-pyrrole nitrogens is 1. The van der Waals surface area contributed by atoms with E-state index in [9.17, 15) is 9.59 Å². The first-order valence-corrected chi connectivity index (χ1v) is 9.04. The maximum Gasteiger partial charge on any atom is 0.255 e. The van der Waals surface area contributed by atoms with E-state index < -0.39 is 0 Å². The van der Waals surface area contributed by atoms with Crippen molar-refractivity contribution < 1.29 is 9.59 Å². The summed E-state index contributed by atoms with van der Waals surface area (Å²) in [7, 11) is 1.79. The molecule has 1 aliphatic heterocycles. The molecule has 0 aromatic carbocycles. The monoisotopic (exact) mass is 359 g/mol. The van der Waals surface area contributed by atoms with Crippen molar-refractivity contribution in [3.05, 3.63) is 29.6 Å². The van der Waals surface area contributed by atoms with Gasteiger partial charge in [0.05, 0.1) is 17.0 Å². The highest BCUT2D eigenvalue weighted by Crippen LogP contribution is 2.24. The van der Waals surface area contributed by atoms with Gasteiger partial charge in [0, 0.05) is 38.8 Å². The fourth-order valence-corrected chi connectivity index (χ4v) is 2.34. The van der Waals surface area contributed by atoms with Crippen LogP contribution in [0, 0.1) is 0 Å². The first kappa shape index (κ1) is 21.3. The molecular formula is C19H29N5O2. The summed E-state index contributed by atoms with van der Waals surface area (Å²) in [6.07, 6.45) is 3.61.